The molecule has 0 spiro atoms. The average Bonchev–Trinajstić information content (AvgIpc) is 2.85. The van der Waals surface area contributed by atoms with Crippen molar-refractivity contribution in [3.8, 4) is 0 Å². The zero-order valence-electron chi connectivity index (χ0n) is 19.5. The first-order valence-electron chi connectivity index (χ1n) is 11.3. The number of benzene rings is 2. The van der Waals surface area contributed by atoms with Crippen molar-refractivity contribution in [2.45, 2.75) is 20.4 Å². The topological polar surface area (TPSA) is 114 Å². The smallest absolute Gasteiger partial charge is 0.341 e. The fourth-order valence-electron chi connectivity index (χ4n) is 3.76. The molecule has 3 rings (SSSR count). The minimum Gasteiger partial charge on any atom is -0.452 e. The summed E-state index contributed by atoms with van der Waals surface area (Å²) in [6.45, 7) is 8.61. The molecule has 0 saturated carbocycles. The van der Waals surface area contributed by atoms with Crippen LogP contribution < -0.4 is 10.2 Å². The molecule has 34 heavy (non-hydrogen) atoms. The Morgan fingerprint density at radius 1 is 1.12 bits per heavy atom. The van der Waals surface area contributed by atoms with E-state index >= 15 is 0 Å². The number of carbonyl (C=O) groups excluding carboxylic acids is 2. The van der Waals surface area contributed by atoms with Crippen LogP contribution in [-0.2, 0) is 20.8 Å². The summed E-state index contributed by atoms with van der Waals surface area (Å²) in [5.41, 5.74) is 2.08. The Balaban J connectivity index is 1.58. The number of nitro groups is 1. The molecular weight excluding hydrogens is 440 g/mol. The molecule has 1 saturated heterocycles. The summed E-state index contributed by atoms with van der Waals surface area (Å²) in [6, 6.07) is 11.5. The SMILES string of the molecule is CCN(CC)c1ccc([N+](=O)[O-])cc1C(=O)OCC(=O)Nc1ccc(CN2CCOCC2)cc1. The molecule has 0 unspecified atom stereocenters. The molecule has 1 aliphatic heterocycles. The highest BCUT2D eigenvalue weighted by Crippen LogP contribution is 2.26. The number of anilines is 2. The van der Waals surface area contributed by atoms with Crippen molar-refractivity contribution in [1.82, 2.24) is 4.90 Å². The summed E-state index contributed by atoms with van der Waals surface area (Å²) in [5, 5.41) is 13.9. The molecule has 182 valence electrons. The number of nitrogens with one attached hydrogen (secondary N) is 1. The molecule has 0 aromatic heterocycles. The molecule has 1 N–H and O–H groups in total. The normalized spacial score (nSPS) is 13.8. The lowest BCUT2D eigenvalue weighted by Crippen LogP contribution is -2.35. The van der Waals surface area contributed by atoms with Gasteiger partial charge < -0.3 is 19.7 Å². The van der Waals surface area contributed by atoms with Crippen molar-refractivity contribution in [2.24, 2.45) is 0 Å². The van der Waals surface area contributed by atoms with Gasteiger partial charge in [-0.3, -0.25) is 19.8 Å². The van der Waals surface area contributed by atoms with Gasteiger partial charge in [0.1, 0.15) is 0 Å². The second kappa shape index (κ2) is 12.1. The standard InChI is InChI=1S/C24H30N4O6/c1-3-27(4-2)22-10-9-20(28(31)32)15-21(22)24(30)34-17-23(29)25-19-7-5-18(6-8-19)16-26-11-13-33-14-12-26/h5-10,15H,3-4,11-14,16-17H2,1-2H3,(H,25,29). The Hall–Kier alpha value is -3.50. The average molecular weight is 471 g/mol. The lowest BCUT2D eigenvalue weighted by atomic mass is 10.1. The molecule has 10 nitrogen and oxygen atoms in total. The van der Waals surface area contributed by atoms with Crippen LogP contribution in [0.15, 0.2) is 42.5 Å². The van der Waals surface area contributed by atoms with E-state index in [1.165, 1.54) is 18.2 Å². The molecule has 2 aromatic carbocycles. The molecule has 10 heteroatoms. The molecule has 0 aliphatic carbocycles. The van der Waals surface area contributed by atoms with Crippen LogP contribution in [0.5, 0.6) is 0 Å². The highest BCUT2D eigenvalue weighted by Gasteiger charge is 2.21. The number of amides is 1. The van der Waals surface area contributed by atoms with Gasteiger partial charge in [0.25, 0.3) is 11.6 Å². The third kappa shape index (κ3) is 6.75. The Morgan fingerprint density at radius 3 is 2.41 bits per heavy atom. The zero-order chi connectivity index (χ0) is 24.5. The third-order valence-electron chi connectivity index (χ3n) is 5.60. The lowest BCUT2D eigenvalue weighted by molar-refractivity contribution is -0.384. The number of non-ortho nitro benzene ring substituents is 1. The van der Waals surface area contributed by atoms with E-state index in [1.54, 1.807) is 12.1 Å². The van der Waals surface area contributed by atoms with Gasteiger partial charge in [0.05, 0.1) is 29.4 Å². The number of rotatable bonds is 10. The van der Waals surface area contributed by atoms with Gasteiger partial charge in [0, 0.05) is 50.5 Å². The Bertz CT molecular complexity index is 1000. The maximum Gasteiger partial charge on any atom is 0.341 e. The van der Waals surface area contributed by atoms with Gasteiger partial charge in [-0.1, -0.05) is 12.1 Å². The largest absolute Gasteiger partial charge is 0.452 e. The number of ether oxygens (including phenoxy) is 2. The van der Waals surface area contributed by atoms with Crippen LogP contribution in [0.4, 0.5) is 17.1 Å². The van der Waals surface area contributed by atoms with Crippen LogP contribution in [0.1, 0.15) is 29.8 Å². The molecule has 1 amide bonds. The third-order valence-corrected chi connectivity index (χ3v) is 5.60. The van der Waals surface area contributed by atoms with Crippen LogP contribution in [0.3, 0.4) is 0 Å². The zero-order valence-corrected chi connectivity index (χ0v) is 19.5. The van der Waals surface area contributed by atoms with Crippen molar-refractivity contribution in [3.05, 3.63) is 63.7 Å². The fraction of sp³-hybridized carbons (Fsp3) is 0.417. The predicted molar refractivity (Wildman–Crippen MR) is 128 cm³/mol. The predicted octanol–water partition coefficient (Wildman–Crippen LogP) is 3.07. The van der Waals surface area contributed by atoms with Crippen LogP contribution >= 0.6 is 0 Å². The van der Waals surface area contributed by atoms with Gasteiger partial charge in [0.15, 0.2) is 6.61 Å². The number of esters is 1. The Kier molecular flexibility index (Phi) is 8.94. The number of nitrogens with zero attached hydrogens (tertiary/aromatic N) is 3. The summed E-state index contributed by atoms with van der Waals surface area (Å²) < 4.78 is 10.5. The van der Waals surface area contributed by atoms with Gasteiger partial charge in [-0.15, -0.1) is 0 Å². The highest BCUT2D eigenvalue weighted by molar-refractivity contribution is 5.99. The monoisotopic (exact) mass is 470 g/mol. The number of carbonyl (C=O) groups is 2. The first-order chi connectivity index (χ1) is 16.4. The minimum absolute atomic E-state index is 0.0539. The van der Waals surface area contributed by atoms with Crippen LogP contribution in [-0.4, -0.2) is 67.7 Å². The number of hydrogen-bond acceptors (Lipinski definition) is 8. The highest BCUT2D eigenvalue weighted by atomic mass is 16.6. The molecule has 1 heterocycles. The molecule has 0 radical (unpaired) electrons. The Labute approximate surface area is 198 Å². The fourth-order valence-corrected chi connectivity index (χ4v) is 3.76. The molecule has 2 aromatic rings. The van der Waals surface area contributed by atoms with E-state index in [0.717, 1.165) is 38.4 Å². The van der Waals surface area contributed by atoms with Crippen LogP contribution in [0, 0.1) is 10.1 Å². The van der Waals surface area contributed by atoms with Crippen molar-refractivity contribution < 1.29 is 24.0 Å². The van der Waals surface area contributed by atoms with Crippen LogP contribution in [0.2, 0.25) is 0 Å². The van der Waals surface area contributed by atoms with Gasteiger partial charge in [0.2, 0.25) is 0 Å². The van der Waals surface area contributed by atoms with Crippen molar-refractivity contribution in [2.75, 3.05) is 56.2 Å². The van der Waals surface area contributed by atoms with E-state index in [4.69, 9.17) is 9.47 Å². The first kappa shape index (κ1) is 25.1. The van der Waals surface area contributed by atoms with E-state index < -0.39 is 23.4 Å². The maximum absolute atomic E-state index is 12.7. The van der Waals surface area contributed by atoms with Gasteiger partial charge in [-0.2, -0.15) is 0 Å². The van der Waals surface area contributed by atoms with E-state index in [0.29, 0.717) is 24.5 Å². The maximum atomic E-state index is 12.7. The van der Waals surface area contributed by atoms with Crippen LogP contribution in [0.25, 0.3) is 0 Å². The van der Waals surface area contributed by atoms with E-state index in [1.807, 2.05) is 30.9 Å². The number of morpholine rings is 1. The van der Waals surface area contributed by atoms with Gasteiger partial charge in [-0.05, 0) is 37.6 Å². The van der Waals surface area contributed by atoms with E-state index in [2.05, 4.69) is 10.2 Å². The molecule has 0 bridgehead atoms. The minimum atomic E-state index is -0.790. The second-order valence-corrected chi connectivity index (χ2v) is 7.84. The van der Waals surface area contributed by atoms with Crippen molar-refractivity contribution in [3.63, 3.8) is 0 Å². The summed E-state index contributed by atoms with van der Waals surface area (Å²) in [7, 11) is 0. The molecule has 0 atom stereocenters. The number of nitro benzene ring substituents is 1. The Morgan fingerprint density at radius 2 is 1.79 bits per heavy atom. The van der Waals surface area contributed by atoms with Gasteiger partial charge >= 0.3 is 5.97 Å². The van der Waals surface area contributed by atoms with E-state index in [-0.39, 0.29) is 11.3 Å². The van der Waals surface area contributed by atoms with Crippen molar-refractivity contribution in [1.29, 1.82) is 0 Å². The van der Waals surface area contributed by atoms with Crippen molar-refractivity contribution >= 4 is 28.9 Å². The first-order valence-corrected chi connectivity index (χ1v) is 11.3. The summed E-state index contributed by atoms with van der Waals surface area (Å²) >= 11 is 0. The van der Waals surface area contributed by atoms with E-state index in [9.17, 15) is 19.7 Å². The van der Waals surface area contributed by atoms with Gasteiger partial charge in [-0.25, -0.2) is 4.79 Å². The quantitative estimate of drug-likeness (QED) is 0.320. The number of hydrogen-bond donors (Lipinski definition) is 1. The summed E-state index contributed by atoms with van der Waals surface area (Å²) in [6.07, 6.45) is 0. The second-order valence-electron chi connectivity index (χ2n) is 7.84. The molecule has 1 fully saturated rings. The lowest BCUT2D eigenvalue weighted by Gasteiger charge is -2.26. The molecular formula is C24H30N4O6. The molecule has 1 aliphatic rings. The summed E-state index contributed by atoms with van der Waals surface area (Å²) in [4.78, 5) is 39.8. The summed E-state index contributed by atoms with van der Waals surface area (Å²) in [5.74, 6) is -1.29.